The highest BCUT2D eigenvalue weighted by atomic mass is 16.6. The SMILES string of the molecule is C[C@H](NC(=O)OC(C)(C)C)C(=O)c1nnc2ccccn12. The Morgan fingerprint density at radius 3 is 2.67 bits per heavy atom. The molecule has 2 aromatic rings. The third-order valence-electron chi connectivity index (χ3n) is 2.66. The molecule has 0 bridgehead atoms. The van der Waals surface area contributed by atoms with Gasteiger partial charge in [0.2, 0.25) is 11.6 Å². The summed E-state index contributed by atoms with van der Waals surface area (Å²) in [4.78, 5) is 24.0. The normalized spacial score (nSPS) is 13.0. The van der Waals surface area contributed by atoms with E-state index in [2.05, 4.69) is 15.5 Å². The van der Waals surface area contributed by atoms with Gasteiger partial charge >= 0.3 is 6.09 Å². The molecule has 7 heteroatoms. The Hall–Kier alpha value is -2.44. The molecular formula is C14H18N4O3. The second-order valence-electron chi connectivity index (χ2n) is 5.68. The summed E-state index contributed by atoms with van der Waals surface area (Å²) < 4.78 is 6.70. The third-order valence-corrected chi connectivity index (χ3v) is 2.66. The lowest BCUT2D eigenvalue weighted by molar-refractivity contribution is 0.0496. The van der Waals surface area contributed by atoms with Crippen molar-refractivity contribution in [3.05, 3.63) is 30.2 Å². The highest BCUT2D eigenvalue weighted by Gasteiger charge is 2.24. The Morgan fingerprint density at radius 2 is 2.00 bits per heavy atom. The standard InChI is InChI=1S/C14H18N4O3/c1-9(15-13(20)21-14(2,3)4)11(19)12-17-16-10-7-5-6-8-18(10)12/h5-9H,1-4H3,(H,15,20)/t9-/m0/s1. The van der Waals surface area contributed by atoms with Gasteiger partial charge in [-0.05, 0) is 39.8 Å². The van der Waals surface area contributed by atoms with Crippen LogP contribution in [-0.2, 0) is 4.74 Å². The number of carbonyl (C=O) groups is 2. The number of pyridine rings is 1. The van der Waals surface area contributed by atoms with Crippen molar-refractivity contribution in [3.63, 3.8) is 0 Å². The molecule has 0 aliphatic rings. The summed E-state index contributed by atoms with van der Waals surface area (Å²) in [5.74, 6) is -0.159. The molecule has 112 valence electrons. The summed E-state index contributed by atoms with van der Waals surface area (Å²) in [6.07, 6.45) is 1.06. The number of fused-ring (bicyclic) bond motifs is 1. The number of nitrogens with zero attached hydrogens (tertiary/aromatic N) is 3. The quantitative estimate of drug-likeness (QED) is 0.871. The smallest absolute Gasteiger partial charge is 0.408 e. The fourth-order valence-corrected chi connectivity index (χ4v) is 1.75. The van der Waals surface area contributed by atoms with Gasteiger partial charge in [-0.25, -0.2) is 4.79 Å². The minimum Gasteiger partial charge on any atom is -0.444 e. The Bertz CT molecular complexity index is 672. The number of Topliss-reactive ketones (excluding diaryl/α,β-unsaturated/α-hetero) is 1. The molecular weight excluding hydrogens is 272 g/mol. The summed E-state index contributed by atoms with van der Waals surface area (Å²) in [5, 5.41) is 10.3. The van der Waals surface area contributed by atoms with Gasteiger partial charge < -0.3 is 10.1 Å². The van der Waals surface area contributed by atoms with Gasteiger partial charge in [0, 0.05) is 6.20 Å². The van der Waals surface area contributed by atoms with Crippen molar-refractivity contribution in [1.29, 1.82) is 0 Å². The first-order chi connectivity index (χ1) is 9.78. The molecule has 2 heterocycles. The van der Waals surface area contributed by atoms with Crippen molar-refractivity contribution >= 4 is 17.5 Å². The van der Waals surface area contributed by atoms with Crippen LogP contribution in [0.4, 0.5) is 4.79 Å². The molecule has 0 spiro atoms. The van der Waals surface area contributed by atoms with Crippen molar-refractivity contribution in [1.82, 2.24) is 19.9 Å². The van der Waals surface area contributed by atoms with E-state index in [4.69, 9.17) is 4.74 Å². The molecule has 1 amide bonds. The maximum Gasteiger partial charge on any atom is 0.408 e. The summed E-state index contributed by atoms with van der Waals surface area (Å²) in [6.45, 7) is 6.84. The van der Waals surface area contributed by atoms with Crippen LogP contribution in [0.5, 0.6) is 0 Å². The molecule has 0 fully saturated rings. The zero-order valence-electron chi connectivity index (χ0n) is 12.5. The van der Waals surface area contributed by atoms with Crippen molar-refractivity contribution < 1.29 is 14.3 Å². The lowest BCUT2D eigenvalue weighted by Crippen LogP contribution is -2.42. The van der Waals surface area contributed by atoms with Crippen LogP contribution < -0.4 is 5.32 Å². The van der Waals surface area contributed by atoms with Crippen molar-refractivity contribution in [2.24, 2.45) is 0 Å². The number of ketones is 1. The molecule has 0 saturated heterocycles. The first-order valence-corrected chi connectivity index (χ1v) is 6.61. The van der Waals surface area contributed by atoms with Crippen LogP contribution in [0.25, 0.3) is 5.65 Å². The molecule has 0 aliphatic heterocycles. The average molecular weight is 290 g/mol. The van der Waals surface area contributed by atoms with E-state index in [0.29, 0.717) is 5.65 Å². The van der Waals surface area contributed by atoms with Crippen molar-refractivity contribution in [2.45, 2.75) is 39.3 Å². The Balaban J connectivity index is 2.11. The van der Waals surface area contributed by atoms with Gasteiger partial charge in [0.15, 0.2) is 5.65 Å². The second kappa shape index (κ2) is 5.51. The average Bonchev–Trinajstić information content (AvgIpc) is 2.79. The van der Waals surface area contributed by atoms with Crippen LogP contribution >= 0.6 is 0 Å². The van der Waals surface area contributed by atoms with Gasteiger partial charge in [-0.2, -0.15) is 0 Å². The largest absolute Gasteiger partial charge is 0.444 e. The number of ether oxygens (including phenoxy) is 1. The van der Waals surface area contributed by atoms with Gasteiger partial charge in [0.05, 0.1) is 6.04 Å². The molecule has 2 rings (SSSR count). The highest BCUT2D eigenvalue weighted by Crippen LogP contribution is 2.08. The van der Waals surface area contributed by atoms with E-state index in [1.54, 1.807) is 56.5 Å². The third kappa shape index (κ3) is 3.56. The van der Waals surface area contributed by atoms with Crippen LogP contribution in [0.15, 0.2) is 24.4 Å². The minimum atomic E-state index is -0.757. The van der Waals surface area contributed by atoms with E-state index in [1.807, 2.05) is 0 Å². The van der Waals surface area contributed by atoms with Gasteiger partial charge in [-0.1, -0.05) is 6.07 Å². The summed E-state index contributed by atoms with van der Waals surface area (Å²) in [5.41, 5.74) is -0.0423. The van der Waals surface area contributed by atoms with Crippen LogP contribution in [0.3, 0.4) is 0 Å². The van der Waals surface area contributed by atoms with E-state index in [9.17, 15) is 9.59 Å². The molecule has 0 saturated carbocycles. The number of rotatable bonds is 3. The van der Waals surface area contributed by atoms with E-state index in [-0.39, 0.29) is 11.6 Å². The van der Waals surface area contributed by atoms with Gasteiger partial charge in [0.1, 0.15) is 5.60 Å². The van der Waals surface area contributed by atoms with Crippen LogP contribution in [0.2, 0.25) is 0 Å². The van der Waals surface area contributed by atoms with Crippen LogP contribution in [0, 0.1) is 0 Å². The molecule has 0 aliphatic carbocycles. The van der Waals surface area contributed by atoms with Crippen molar-refractivity contribution in [3.8, 4) is 0 Å². The number of alkyl carbamates (subject to hydrolysis) is 1. The predicted octanol–water partition coefficient (Wildman–Crippen LogP) is 1.83. The number of aromatic nitrogens is 3. The van der Waals surface area contributed by atoms with Crippen LogP contribution in [-0.4, -0.2) is 38.1 Å². The molecule has 1 atom stereocenters. The molecule has 7 nitrogen and oxygen atoms in total. The highest BCUT2D eigenvalue weighted by molar-refractivity contribution is 5.98. The number of amides is 1. The number of carbonyl (C=O) groups excluding carboxylic acids is 2. The fraction of sp³-hybridized carbons (Fsp3) is 0.429. The molecule has 2 aromatic heterocycles. The predicted molar refractivity (Wildman–Crippen MR) is 76.1 cm³/mol. The van der Waals surface area contributed by atoms with E-state index >= 15 is 0 Å². The fourth-order valence-electron chi connectivity index (χ4n) is 1.75. The maximum absolute atomic E-state index is 12.3. The van der Waals surface area contributed by atoms with Gasteiger partial charge in [0.25, 0.3) is 0 Å². The first-order valence-electron chi connectivity index (χ1n) is 6.61. The van der Waals surface area contributed by atoms with E-state index in [1.165, 1.54) is 0 Å². The van der Waals surface area contributed by atoms with E-state index < -0.39 is 17.7 Å². The topological polar surface area (TPSA) is 85.6 Å². The zero-order valence-corrected chi connectivity index (χ0v) is 12.5. The maximum atomic E-state index is 12.3. The number of hydrogen-bond acceptors (Lipinski definition) is 5. The second-order valence-corrected chi connectivity index (χ2v) is 5.68. The molecule has 1 N–H and O–H groups in total. The number of hydrogen-bond donors (Lipinski definition) is 1. The minimum absolute atomic E-state index is 0.175. The summed E-state index contributed by atoms with van der Waals surface area (Å²) >= 11 is 0. The molecule has 0 radical (unpaired) electrons. The summed E-state index contributed by atoms with van der Waals surface area (Å²) in [6, 6.07) is 4.57. The summed E-state index contributed by atoms with van der Waals surface area (Å²) in [7, 11) is 0. The molecule has 0 unspecified atom stereocenters. The Morgan fingerprint density at radius 1 is 1.29 bits per heavy atom. The van der Waals surface area contributed by atoms with E-state index in [0.717, 1.165) is 0 Å². The lowest BCUT2D eigenvalue weighted by Gasteiger charge is -2.21. The lowest BCUT2D eigenvalue weighted by atomic mass is 10.2. The van der Waals surface area contributed by atoms with Crippen molar-refractivity contribution in [2.75, 3.05) is 0 Å². The van der Waals surface area contributed by atoms with Gasteiger partial charge in [-0.3, -0.25) is 9.20 Å². The Labute approximate surface area is 122 Å². The molecule has 21 heavy (non-hydrogen) atoms. The Kier molecular flexibility index (Phi) is 3.93. The molecule has 0 aromatic carbocycles. The number of nitrogens with one attached hydrogen (secondary N) is 1. The zero-order chi connectivity index (χ0) is 15.6. The van der Waals surface area contributed by atoms with Gasteiger partial charge in [-0.15, -0.1) is 10.2 Å². The monoisotopic (exact) mass is 290 g/mol. The van der Waals surface area contributed by atoms with Crippen LogP contribution in [0.1, 0.15) is 38.3 Å². The first kappa shape index (κ1) is 15.0.